The van der Waals surface area contributed by atoms with E-state index in [4.69, 9.17) is 10.5 Å². The first-order chi connectivity index (χ1) is 8.88. The number of hydrogen-bond acceptors (Lipinski definition) is 3. The van der Waals surface area contributed by atoms with Gasteiger partial charge < -0.3 is 10.5 Å². The van der Waals surface area contributed by atoms with Crippen molar-refractivity contribution in [2.45, 2.75) is 39.3 Å². The highest BCUT2D eigenvalue weighted by Gasteiger charge is 2.33. The molecule has 0 aliphatic rings. The van der Waals surface area contributed by atoms with E-state index in [1.54, 1.807) is 12.1 Å². The number of benzene rings is 1. The van der Waals surface area contributed by atoms with Gasteiger partial charge >= 0.3 is 0 Å². The average Bonchev–Trinajstić information content (AvgIpc) is 2.38. The molecule has 0 aromatic heterocycles. The van der Waals surface area contributed by atoms with Crippen molar-refractivity contribution in [3.63, 3.8) is 0 Å². The minimum absolute atomic E-state index is 0.307. The van der Waals surface area contributed by atoms with E-state index >= 15 is 0 Å². The van der Waals surface area contributed by atoms with Crippen molar-refractivity contribution in [3.05, 3.63) is 29.6 Å². The lowest BCUT2D eigenvalue weighted by Crippen LogP contribution is -2.51. The molecule has 0 spiro atoms. The van der Waals surface area contributed by atoms with Crippen molar-refractivity contribution >= 4 is 0 Å². The van der Waals surface area contributed by atoms with Gasteiger partial charge in [0.05, 0.1) is 13.2 Å². The maximum absolute atomic E-state index is 14.1. The molecule has 0 heterocycles. The Bertz CT molecular complexity index is 417. The standard InChI is InChI=1S/C15H25FN2O/c1-6-18(7-2)15(3,4)14(17)12-9-8-11(19-5)10-13(12)16/h8-10,14H,6-7,17H2,1-5H3. The third kappa shape index (κ3) is 3.25. The summed E-state index contributed by atoms with van der Waals surface area (Å²) in [4.78, 5) is 2.24. The van der Waals surface area contributed by atoms with Gasteiger partial charge in [-0.1, -0.05) is 19.9 Å². The molecule has 3 nitrogen and oxygen atoms in total. The predicted molar refractivity (Wildman–Crippen MR) is 76.9 cm³/mol. The zero-order chi connectivity index (χ0) is 14.6. The van der Waals surface area contributed by atoms with Crippen LogP contribution in [0.25, 0.3) is 0 Å². The van der Waals surface area contributed by atoms with E-state index in [9.17, 15) is 4.39 Å². The summed E-state index contributed by atoms with van der Waals surface area (Å²) >= 11 is 0. The number of methoxy groups -OCH3 is 1. The maximum Gasteiger partial charge on any atom is 0.131 e. The van der Waals surface area contributed by atoms with Crippen molar-refractivity contribution in [2.24, 2.45) is 5.73 Å². The third-order valence-electron chi connectivity index (χ3n) is 3.88. The van der Waals surface area contributed by atoms with Crippen molar-refractivity contribution in [2.75, 3.05) is 20.2 Å². The van der Waals surface area contributed by atoms with Crippen LogP contribution in [-0.4, -0.2) is 30.6 Å². The molecule has 0 amide bonds. The van der Waals surface area contributed by atoms with E-state index in [0.29, 0.717) is 11.3 Å². The van der Waals surface area contributed by atoms with Crippen LogP contribution in [0.1, 0.15) is 39.3 Å². The number of nitrogens with zero attached hydrogens (tertiary/aromatic N) is 1. The molecule has 0 saturated carbocycles. The van der Waals surface area contributed by atoms with Gasteiger partial charge in [-0.3, -0.25) is 4.90 Å². The van der Waals surface area contributed by atoms with Gasteiger partial charge in [0.25, 0.3) is 0 Å². The molecule has 0 aliphatic carbocycles. The maximum atomic E-state index is 14.1. The predicted octanol–water partition coefficient (Wildman–Crippen LogP) is 2.95. The molecule has 0 radical (unpaired) electrons. The van der Waals surface area contributed by atoms with Crippen molar-refractivity contribution in [1.29, 1.82) is 0 Å². The molecular formula is C15H25FN2O. The van der Waals surface area contributed by atoms with E-state index in [0.717, 1.165) is 13.1 Å². The SMILES string of the molecule is CCN(CC)C(C)(C)C(N)c1ccc(OC)cc1F. The second-order valence-electron chi connectivity index (χ2n) is 5.19. The Kier molecular flexibility index (Phi) is 5.32. The fraction of sp³-hybridized carbons (Fsp3) is 0.600. The molecule has 0 aliphatic heterocycles. The van der Waals surface area contributed by atoms with Crippen LogP contribution in [0.4, 0.5) is 4.39 Å². The van der Waals surface area contributed by atoms with Crippen LogP contribution < -0.4 is 10.5 Å². The Hall–Kier alpha value is -1.13. The fourth-order valence-electron chi connectivity index (χ4n) is 2.50. The molecule has 19 heavy (non-hydrogen) atoms. The van der Waals surface area contributed by atoms with Crippen molar-refractivity contribution < 1.29 is 9.13 Å². The highest BCUT2D eigenvalue weighted by atomic mass is 19.1. The second kappa shape index (κ2) is 6.35. The van der Waals surface area contributed by atoms with Crippen LogP contribution in [0, 0.1) is 5.82 Å². The largest absolute Gasteiger partial charge is 0.497 e. The van der Waals surface area contributed by atoms with Gasteiger partial charge in [-0.15, -0.1) is 0 Å². The van der Waals surface area contributed by atoms with Crippen LogP contribution >= 0.6 is 0 Å². The zero-order valence-corrected chi connectivity index (χ0v) is 12.5. The summed E-state index contributed by atoms with van der Waals surface area (Å²) in [5.74, 6) is 0.196. The lowest BCUT2D eigenvalue weighted by molar-refractivity contribution is 0.105. The molecule has 108 valence electrons. The lowest BCUT2D eigenvalue weighted by Gasteiger charge is -2.42. The lowest BCUT2D eigenvalue weighted by atomic mass is 9.87. The quantitative estimate of drug-likeness (QED) is 0.862. The van der Waals surface area contributed by atoms with Crippen LogP contribution in [-0.2, 0) is 0 Å². The highest BCUT2D eigenvalue weighted by molar-refractivity contribution is 5.32. The van der Waals surface area contributed by atoms with Crippen LogP contribution in [0.5, 0.6) is 5.75 Å². The minimum Gasteiger partial charge on any atom is -0.497 e. The summed E-state index contributed by atoms with van der Waals surface area (Å²) in [6.07, 6.45) is 0. The van der Waals surface area contributed by atoms with E-state index in [-0.39, 0.29) is 11.4 Å². The van der Waals surface area contributed by atoms with Gasteiger partial charge in [-0.2, -0.15) is 0 Å². The molecular weight excluding hydrogens is 243 g/mol. The highest BCUT2D eigenvalue weighted by Crippen LogP contribution is 2.31. The summed E-state index contributed by atoms with van der Waals surface area (Å²) in [6, 6.07) is 4.45. The molecule has 1 unspecified atom stereocenters. The Labute approximate surface area is 115 Å². The molecule has 1 atom stereocenters. The summed E-state index contributed by atoms with van der Waals surface area (Å²) < 4.78 is 19.1. The van der Waals surface area contributed by atoms with E-state index < -0.39 is 6.04 Å². The Morgan fingerprint density at radius 1 is 1.32 bits per heavy atom. The van der Waals surface area contributed by atoms with Crippen LogP contribution in [0.15, 0.2) is 18.2 Å². The molecule has 0 bridgehead atoms. The average molecular weight is 268 g/mol. The van der Waals surface area contributed by atoms with Gasteiger partial charge in [0.15, 0.2) is 0 Å². The van der Waals surface area contributed by atoms with Gasteiger partial charge in [-0.05, 0) is 33.0 Å². The summed E-state index contributed by atoms with van der Waals surface area (Å²) in [6.45, 7) is 10.0. The Balaban J connectivity index is 3.08. The van der Waals surface area contributed by atoms with E-state index in [2.05, 4.69) is 18.7 Å². The second-order valence-corrected chi connectivity index (χ2v) is 5.19. The third-order valence-corrected chi connectivity index (χ3v) is 3.88. The zero-order valence-electron chi connectivity index (χ0n) is 12.5. The van der Waals surface area contributed by atoms with Crippen LogP contribution in [0.2, 0.25) is 0 Å². The Morgan fingerprint density at radius 3 is 2.32 bits per heavy atom. The first-order valence-corrected chi connectivity index (χ1v) is 6.72. The van der Waals surface area contributed by atoms with Gasteiger partial charge in [0, 0.05) is 17.2 Å². The number of ether oxygens (including phenoxy) is 1. The molecule has 2 N–H and O–H groups in total. The monoisotopic (exact) mass is 268 g/mol. The number of rotatable bonds is 6. The molecule has 0 fully saturated rings. The van der Waals surface area contributed by atoms with Crippen molar-refractivity contribution in [1.82, 2.24) is 4.90 Å². The van der Waals surface area contributed by atoms with Crippen molar-refractivity contribution in [3.8, 4) is 5.75 Å². The number of likely N-dealkylation sites (N-methyl/N-ethyl adjacent to an activating group) is 1. The number of hydrogen-bond donors (Lipinski definition) is 1. The normalized spacial score (nSPS) is 13.7. The summed E-state index contributed by atoms with van der Waals surface area (Å²) in [5.41, 5.74) is 6.51. The molecule has 1 aromatic carbocycles. The smallest absolute Gasteiger partial charge is 0.131 e. The fourth-order valence-corrected chi connectivity index (χ4v) is 2.50. The molecule has 4 heteroatoms. The molecule has 1 aromatic rings. The first-order valence-electron chi connectivity index (χ1n) is 6.72. The number of nitrogens with two attached hydrogens (primary N) is 1. The first kappa shape index (κ1) is 15.9. The van der Waals surface area contributed by atoms with E-state index in [1.807, 2.05) is 13.8 Å². The van der Waals surface area contributed by atoms with Gasteiger partial charge in [0.2, 0.25) is 0 Å². The summed E-state index contributed by atoms with van der Waals surface area (Å²) in [5, 5.41) is 0. The van der Waals surface area contributed by atoms with Gasteiger partial charge in [0.1, 0.15) is 11.6 Å². The van der Waals surface area contributed by atoms with Gasteiger partial charge in [-0.25, -0.2) is 4.39 Å². The van der Waals surface area contributed by atoms with Crippen LogP contribution in [0.3, 0.4) is 0 Å². The molecule has 0 saturated heterocycles. The van der Waals surface area contributed by atoms with E-state index in [1.165, 1.54) is 13.2 Å². The molecule has 1 rings (SSSR count). The topological polar surface area (TPSA) is 38.5 Å². The minimum atomic E-state index is -0.390. The summed E-state index contributed by atoms with van der Waals surface area (Å²) in [7, 11) is 1.52. The Morgan fingerprint density at radius 2 is 1.89 bits per heavy atom. The number of halogens is 1.